The molecule has 0 spiro atoms. The topological polar surface area (TPSA) is 71.1 Å². The Morgan fingerprint density at radius 3 is 2.77 bits per heavy atom. The smallest absolute Gasteiger partial charge is 0.320 e. The van der Waals surface area contributed by atoms with E-state index in [-0.39, 0.29) is 0 Å². The minimum absolute atomic E-state index is 0.393. The number of hydrogen-bond donors (Lipinski definition) is 2. The Bertz CT molecular complexity index is 378. The lowest BCUT2D eigenvalue weighted by Crippen LogP contribution is -2.22. The van der Waals surface area contributed by atoms with Crippen molar-refractivity contribution in [3.05, 3.63) is 15.5 Å². The molecule has 0 bridgehead atoms. The van der Waals surface area contributed by atoms with Crippen LogP contribution in [0.4, 0.5) is 4.79 Å². The molecule has 1 aromatic rings. The summed E-state index contributed by atoms with van der Waals surface area (Å²) in [7, 11) is 0. The monoisotopic (exact) mass is 217 g/mol. The van der Waals surface area contributed by atoms with E-state index in [0.29, 0.717) is 9.34 Å². The number of hydrogen-bond acceptors (Lipinski definition) is 4. The quantitative estimate of drug-likeness (QED) is 0.680. The zero-order chi connectivity index (χ0) is 9.42. The number of urea groups is 1. The fourth-order valence-electron chi connectivity index (χ4n) is 0.991. The molecular formula is C6H4ClN3O2S. The van der Waals surface area contributed by atoms with Crippen LogP contribution < -0.4 is 10.6 Å². The minimum Gasteiger partial charge on any atom is -0.320 e. The summed E-state index contributed by atoms with van der Waals surface area (Å²) >= 11 is 6.80. The number of aromatic nitrogens is 1. The molecule has 2 N–H and O–H groups in total. The van der Waals surface area contributed by atoms with Crippen LogP contribution in [0.25, 0.3) is 0 Å². The van der Waals surface area contributed by atoms with Crippen molar-refractivity contribution < 1.29 is 9.59 Å². The van der Waals surface area contributed by atoms with Crippen LogP contribution in [0.2, 0.25) is 4.34 Å². The van der Waals surface area contributed by atoms with Crippen molar-refractivity contribution in [2.75, 3.05) is 0 Å². The van der Waals surface area contributed by atoms with Gasteiger partial charge < -0.3 is 5.32 Å². The van der Waals surface area contributed by atoms with Crippen LogP contribution in [0.1, 0.15) is 11.0 Å². The Morgan fingerprint density at radius 2 is 2.31 bits per heavy atom. The summed E-state index contributed by atoms with van der Waals surface area (Å²) in [6, 6.07) is -1.19. The maximum atomic E-state index is 11.1. The molecule has 0 radical (unpaired) electrons. The third kappa shape index (κ3) is 1.50. The summed E-state index contributed by atoms with van der Waals surface area (Å²) in [6.07, 6.45) is 1.44. The molecule has 1 aromatic heterocycles. The Labute approximate surface area is 82.1 Å². The molecule has 5 nitrogen and oxygen atoms in total. The summed E-state index contributed by atoms with van der Waals surface area (Å²) in [5.41, 5.74) is 0. The van der Waals surface area contributed by atoms with Crippen LogP contribution in [-0.4, -0.2) is 16.9 Å². The maximum Gasteiger partial charge on any atom is 0.322 e. The molecule has 7 heteroatoms. The van der Waals surface area contributed by atoms with E-state index in [0.717, 1.165) is 0 Å². The number of rotatable bonds is 1. The molecule has 1 fully saturated rings. The van der Waals surface area contributed by atoms with E-state index in [1.165, 1.54) is 17.5 Å². The second kappa shape index (κ2) is 2.97. The third-order valence-corrected chi connectivity index (χ3v) is 2.70. The summed E-state index contributed by atoms with van der Waals surface area (Å²) in [5.74, 6) is -0.393. The molecule has 68 valence electrons. The van der Waals surface area contributed by atoms with Crippen LogP contribution in [0.15, 0.2) is 6.20 Å². The average Bonchev–Trinajstić information content (AvgIpc) is 2.58. The highest BCUT2D eigenvalue weighted by molar-refractivity contribution is 7.16. The SMILES string of the molecule is O=C1NC(=O)C(c2ncc(Cl)s2)N1. The molecule has 1 unspecified atom stereocenters. The fraction of sp³-hybridized carbons (Fsp3) is 0.167. The number of nitrogens with one attached hydrogen (secondary N) is 2. The number of carbonyl (C=O) groups is 2. The van der Waals surface area contributed by atoms with E-state index in [2.05, 4.69) is 15.6 Å². The van der Waals surface area contributed by atoms with Gasteiger partial charge >= 0.3 is 6.03 Å². The first kappa shape index (κ1) is 8.46. The highest BCUT2D eigenvalue weighted by atomic mass is 35.5. The number of nitrogens with zero attached hydrogens (tertiary/aromatic N) is 1. The van der Waals surface area contributed by atoms with Crippen LogP contribution in [0.3, 0.4) is 0 Å². The van der Waals surface area contributed by atoms with Gasteiger partial charge in [-0.3, -0.25) is 10.1 Å². The predicted octanol–water partition coefficient (Wildman–Crippen LogP) is 0.677. The maximum absolute atomic E-state index is 11.1. The normalized spacial score (nSPS) is 21.5. The number of thiazole rings is 1. The lowest BCUT2D eigenvalue weighted by Gasteiger charge is -2.00. The van der Waals surface area contributed by atoms with Crippen molar-refractivity contribution in [1.82, 2.24) is 15.6 Å². The van der Waals surface area contributed by atoms with Gasteiger partial charge in [-0.15, -0.1) is 11.3 Å². The molecule has 3 amide bonds. The molecule has 1 saturated heterocycles. The molecule has 1 aliphatic rings. The highest BCUT2D eigenvalue weighted by Crippen LogP contribution is 2.25. The number of imide groups is 1. The second-order valence-corrected chi connectivity index (χ2v) is 4.09. The van der Waals surface area contributed by atoms with Crippen LogP contribution in [0.5, 0.6) is 0 Å². The average molecular weight is 218 g/mol. The minimum atomic E-state index is -0.690. The predicted molar refractivity (Wildman–Crippen MR) is 46.5 cm³/mol. The van der Waals surface area contributed by atoms with E-state index in [1.807, 2.05) is 0 Å². The Balaban J connectivity index is 2.27. The van der Waals surface area contributed by atoms with Crippen molar-refractivity contribution in [3.63, 3.8) is 0 Å². The van der Waals surface area contributed by atoms with Gasteiger partial charge in [0.25, 0.3) is 5.91 Å². The Hall–Kier alpha value is -1.14. The summed E-state index contributed by atoms with van der Waals surface area (Å²) in [6.45, 7) is 0. The fourth-order valence-corrected chi connectivity index (χ4v) is 1.97. The van der Waals surface area contributed by atoms with E-state index < -0.39 is 18.0 Å². The van der Waals surface area contributed by atoms with E-state index in [9.17, 15) is 9.59 Å². The Morgan fingerprint density at radius 1 is 1.54 bits per heavy atom. The molecule has 1 atom stereocenters. The van der Waals surface area contributed by atoms with Gasteiger partial charge in [0.15, 0.2) is 6.04 Å². The summed E-state index contributed by atoms with van der Waals surface area (Å²) < 4.78 is 0.490. The zero-order valence-corrected chi connectivity index (χ0v) is 7.78. The van der Waals surface area contributed by atoms with Crippen molar-refractivity contribution in [2.24, 2.45) is 0 Å². The van der Waals surface area contributed by atoms with Crippen LogP contribution >= 0.6 is 22.9 Å². The van der Waals surface area contributed by atoms with Gasteiger partial charge in [0.1, 0.15) is 9.34 Å². The van der Waals surface area contributed by atoms with Crippen LogP contribution in [0, 0.1) is 0 Å². The van der Waals surface area contributed by atoms with Gasteiger partial charge in [0.05, 0.1) is 6.20 Å². The zero-order valence-electron chi connectivity index (χ0n) is 6.20. The summed E-state index contributed by atoms with van der Waals surface area (Å²) in [4.78, 5) is 25.8. The molecule has 0 saturated carbocycles. The number of amides is 3. The molecule has 2 heterocycles. The molecule has 2 rings (SSSR count). The lowest BCUT2D eigenvalue weighted by molar-refractivity contribution is -0.120. The number of halogens is 1. The van der Waals surface area contributed by atoms with Gasteiger partial charge in [-0.1, -0.05) is 11.6 Å². The van der Waals surface area contributed by atoms with Gasteiger partial charge in [0, 0.05) is 0 Å². The Kier molecular flexibility index (Phi) is 1.93. The van der Waals surface area contributed by atoms with Crippen molar-refractivity contribution >= 4 is 34.9 Å². The summed E-state index contributed by atoms with van der Waals surface area (Å²) in [5, 5.41) is 5.03. The standard InChI is InChI=1S/C6H4ClN3O2S/c7-2-1-8-5(13-2)3-4(11)10-6(12)9-3/h1,3H,(H2,9,10,11,12). The second-order valence-electron chi connectivity index (χ2n) is 2.40. The molecular weight excluding hydrogens is 214 g/mol. The first-order valence-corrected chi connectivity index (χ1v) is 4.59. The molecule has 0 aromatic carbocycles. The van der Waals surface area contributed by atoms with E-state index >= 15 is 0 Å². The van der Waals surface area contributed by atoms with Gasteiger partial charge in [-0.25, -0.2) is 9.78 Å². The van der Waals surface area contributed by atoms with E-state index in [4.69, 9.17) is 11.6 Å². The van der Waals surface area contributed by atoms with Gasteiger partial charge in [0.2, 0.25) is 0 Å². The van der Waals surface area contributed by atoms with Crippen molar-refractivity contribution in [2.45, 2.75) is 6.04 Å². The largest absolute Gasteiger partial charge is 0.322 e. The first-order chi connectivity index (χ1) is 6.16. The lowest BCUT2D eigenvalue weighted by atomic mass is 10.3. The molecule has 0 aliphatic carbocycles. The van der Waals surface area contributed by atoms with Gasteiger partial charge in [-0.2, -0.15) is 0 Å². The third-order valence-electron chi connectivity index (χ3n) is 1.52. The number of carbonyl (C=O) groups excluding carboxylic acids is 2. The highest BCUT2D eigenvalue weighted by Gasteiger charge is 2.32. The first-order valence-electron chi connectivity index (χ1n) is 3.39. The van der Waals surface area contributed by atoms with Crippen LogP contribution in [-0.2, 0) is 4.79 Å². The van der Waals surface area contributed by atoms with E-state index in [1.54, 1.807) is 0 Å². The molecule has 13 heavy (non-hydrogen) atoms. The van der Waals surface area contributed by atoms with Crippen molar-refractivity contribution in [1.29, 1.82) is 0 Å². The molecule has 1 aliphatic heterocycles. The van der Waals surface area contributed by atoms with Crippen molar-refractivity contribution in [3.8, 4) is 0 Å². The van der Waals surface area contributed by atoms with Gasteiger partial charge in [-0.05, 0) is 0 Å².